The first kappa shape index (κ1) is 10.3. The number of anilines is 1. The molecule has 0 aliphatic carbocycles. The number of carbonyl (C=O) groups excluding carboxylic acids is 1. The van der Waals surface area contributed by atoms with Crippen molar-refractivity contribution in [2.75, 3.05) is 5.32 Å². The lowest BCUT2D eigenvalue weighted by atomic mass is 10.2. The SMILES string of the molecule is O=Cc1cnc(NCc2ccccc2)nc1. The fraction of sp³-hybridized carbons (Fsp3) is 0.0833. The first-order chi connectivity index (χ1) is 7.88. The summed E-state index contributed by atoms with van der Waals surface area (Å²) in [7, 11) is 0. The van der Waals surface area contributed by atoms with Crippen molar-refractivity contribution in [2.24, 2.45) is 0 Å². The van der Waals surface area contributed by atoms with Gasteiger partial charge in [-0.2, -0.15) is 0 Å². The highest BCUT2D eigenvalue weighted by Crippen LogP contribution is 2.03. The summed E-state index contributed by atoms with van der Waals surface area (Å²) in [6.45, 7) is 0.668. The third-order valence-electron chi connectivity index (χ3n) is 2.10. The Kier molecular flexibility index (Phi) is 3.23. The van der Waals surface area contributed by atoms with E-state index in [9.17, 15) is 4.79 Å². The van der Waals surface area contributed by atoms with Gasteiger partial charge in [-0.25, -0.2) is 9.97 Å². The molecule has 16 heavy (non-hydrogen) atoms. The van der Waals surface area contributed by atoms with Gasteiger partial charge in [0.2, 0.25) is 5.95 Å². The number of nitrogens with one attached hydrogen (secondary N) is 1. The fourth-order valence-corrected chi connectivity index (χ4v) is 1.27. The van der Waals surface area contributed by atoms with Crippen LogP contribution >= 0.6 is 0 Å². The number of hydrogen-bond donors (Lipinski definition) is 1. The molecule has 0 atom stereocenters. The average molecular weight is 213 g/mol. The van der Waals surface area contributed by atoms with E-state index in [-0.39, 0.29) is 0 Å². The highest BCUT2D eigenvalue weighted by molar-refractivity contribution is 5.73. The molecule has 0 bridgehead atoms. The molecule has 2 aromatic rings. The molecule has 80 valence electrons. The maximum atomic E-state index is 10.4. The number of carbonyl (C=O) groups is 1. The second-order valence-corrected chi connectivity index (χ2v) is 3.30. The summed E-state index contributed by atoms with van der Waals surface area (Å²) in [6.07, 6.45) is 3.71. The number of benzene rings is 1. The Morgan fingerprint density at radius 3 is 2.44 bits per heavy atom. The monoisotopic (exact) mass is 213 g/mol. The number of aromatic nitrogens is 2. The van der Waals surface area contributed by atoms with E-state index in [4.69, 9.17) is 0 Å². The van der Waals surface area contributed by atoms with E-state index in [1.54, 1.807) is 0 Å². The number of hydrogen-bond acceptors (Lipinski definition) is 4. The minimum Gasteiger partial charge on any atom is -0.350 e. The lowest BCUT2D eigenvalue weighted by Crippen LogP contribution is -2.03. The standard InChI is InChI=1S/C12H11N3O/c16-9-11-7-14-12(15-8-11)13-6-10-4-2-1-3-5-10/h1-5,7-9H,6H2,(H,13,14,15). The zero-order valence-corrected chi connectivity index (χ0v) is 8.63. The molecule has 2 rings (SSSR count). The molecule has 1 aromatic carbocycles. The zero-order valence-electron chi connectivity index (χ0n) is 8.63. The predicted octanol–water partition coefficient (Wildman–Crippen LogP) is 1.90. The van der Waals surface area contributed by atoms with E-state index in [0.717, 1.165) is 11.8 Å². The van der Waals surface area contributed by atoms with Crippen LogP contribution in [0.5, 0.6) is 0 Å². The Hall–Kier alpha value is -2.23. The minimum atomic E-state index is 0.477. The van der Waals surface area contributed by atoms with Crippen molar-refractivity contribution >= 4 is 12.2 Å². The van der Waals surface area contributed by atoms with E-state index in [0.29, 0.717) is 18.1 Å². The molecule has 0 spiro atoms. The van der Waals surface area contributed by atoms with Crippen LogP contribution in [0.2, 0.25) is 0 Å². The van der Waals surface area contributed by atoms with Crippen molar-refractivity contribution < 1.29 is 4.79 Å². The van der Waals surface area contributed by atoms with Crippen LogP contribution in [0.3, 0.4) is 0 Å². The summed E-state index contributed by atoms with van der Waals surface area (Å²) < 4.78 is 0. The summed E-state index contributed by atoms with van der Waals surface area (Å²) in [5, 5.41) is 3.07. The summed E-state index contributed by atoms with van der Waals surface area (Å²) in [6, 6.07) is 9.97. The fourth-order valence-electron chi connectivity index (χ4n) is 1.27. The predicted molar refractivity (Wildman–Crippen MR) is 61.2 cm³/mol. The maximum absolute atomic E-state index is 10.4. The molecule has 0 aliphatic rings. The summed E-state index contributed by atoms with van der Waals surface area (Å²) in [4.78, 5) is 18.4. The number of aldehydes is 1. The van der Waals surface area contributed by atoms with Gasteiger partial charge < -0.3 is 5.32 Å². The first-order valence-electron chi connectivity index (χ1n) is 4.93. The molecule has 1 N–H and O–H groups in total. The molecule has 0 radical (unpaired) electrons. The van der Waals surface area contributed by atoms with Gasteiger partial charge in [0, 0.05) is 18.9 Å². The molecule has 1 heterocycles. The smallest absolute Gasteiger partial charge is 0.222 e. The van der Waals surface area contributed by atoms with Gasteiger partial charge >= 0.3 is 0 Å². The molecule has 0 unspecified atom stereocenters. The normalized spacial score (nSPS) is 9.75. The molecular weight excluding hydrogens is 202 g/mol. The van der Waals surface area contributed by atoms with E-state index in [1.807, 2.05) is 30.3 Å². The largest absolute Gasteiger partial charge is 0.350 e. The van der Waals surface area contributed by atoms with Crippen molar-refractivity contribution in [1.29, 1.82) is 0 Å². The summed E-state index contributed by atoms with van der Waals surface area (Å²) in [5.41, 5.74) is 1.64. The molecule has 0 saturated carbocycles. The van der Waals surface area contributed by atoms with Gasteiger partial charge in [0.25, 0.3) is 0 Å². The number of rotatable bonds is 4. The molecule has 1 aromatic heterocycles. The van der Waals surface area contributed by atoms with Crippen LogP contribution in [0.25, 0.3) is 0 Å². The van der Waals surface area contributed by atoms with Gasteiger partial charge in [0.05, 0.1) is 5.56 Å². The quantitative estimate of drug-likeness (QED) is 0.788. The van der Waals surface area contributed by atoms with Crippen molar-refractivity contribution in [3.8, 4) is 0 Å². The van der Waals surface area contributed by atoms with Gasteiger partial charge in [0.1, 0.15) is 0 Å². The van der Waals surface area contributed by atoms with Crippen LogP contribution in [0.1, 0.15) is 15.9 Å². The van der Waals surface area contributed by atoms with Crippen molar-refractivity contribution in [1.82, 2.24) is 9.97 Å². The minimum absolute atomic E-state index is 0.477. The average Bonchev–Trinajstić information content (AvgIpc) is 2.38. The van der Waals surface area contributed by atoms with Crippen LogP contribution in [-0.2, 0) is 6.54 Å². The van der Waals surface area contributed by atoms with Crippen LogP contribution in [0.15, 0.2) is 42.7 Å². The van der Waals surface area contributed by atoms with Crippen LogP contribution in [0, 0.1) is 0 Å². The third kappa shape index (κ3) is 2.63. The van der Waals surface area contributed by atoms with E-state index in [2.05, 4.69) is 15.3 Å². The lowest BCUT2D eigenvalue weighted by Gasteiger charge is -2.03. The van der Waals surface area contributed by atoms with Crippen molar-refractivity contribution in [3.63, 3.8) is 0 Å². The van der Waals surface area contributed by atoms with Crippen LogP contribution in [0.4, 0.5) is 5.95 Å². The van der Waals surface area contributed by atoms with Crippen molar-refractivity contribution in [2.45, 2.75) is 6.54 Å². The summed E-state index contributed by atoms with van der Waals surface area (Å²) in [5.74, 6) is 0.523. The molecular formula is C12H11N3O. The van der Waals surface area contributed by atoms with Gasteiger partial charge in [0.15, 0.2) is 6.29 Å². The van der Waals surface area contributed by atoms with Gasteiger partial charge in [-0.3, -0.25) is 4.79 Å². The molecule has 0 amide bonds. The Morgan fingerprint density at radius 1 is 1.12 bits per heavy atom. The number of nitrogens with zero attached hydrogens (tertiary/aromatic N) is 2. The topological polar surface area (TPSA) is 54.9 Å². The molecule has 4 heteroatoms. The van der Waals surface area contributed by atoms with Crippen molar-refractivity contribution in [3.05, 3.63) is 53.9 Å². The third-order valence-corrected chi connectivity index (χ3v) is 2.10. The van der Waals surface area contributed by atoms with E-state index < -0.39 is 0 Å². The zero-order chi connectivity index (χ0) is 11.2. The second kappa shape index (κ2) is 5.02. The Balaban J connectivity index is 1.97. The first-order valence-corrected chi connectivity index (χ1v) is 4.93. The highest BCUT2D eigenvalue weighted by Gasteiger charge is 1.96. The van der Waals surface area contributed by atoms with E-state index >= 15 is 0 Å². The Morgan fingerprint density at radius 2 is 1.81 bits per heavy atom. The molecule has 0 saturated heterocycles. The molecule has 0 fully saturated rings. The van der Waals surface area contributed by atoms with Crippen LogP contribution < -0.4 is 5.32 Å². The Labute approximate surface area is 93.4 Å². The second-order valence-electron chi connectivity index (χ2n) is 3.30. The van der Waals surface area contributed by atoms with Gasteiger partial charge in [-0.1, -0.05) is 30.3 Å². The lowest BCUT2D eigenvalue weighted by molar-refractivity contribution is 0.112. The van der Waals surface area contributed by atoms with Gasteiger partial charge in [-0.05, 0) is 5.56 Å². The van der Waals surface area contributed by atoms with E-state index in [1.165, 1.54) is 12.4 Å². The maximum Gasteiger partial charge on any atom is 0.222 e. The van der Waals surface area contributed by atoms with Crippen LogP contribution in [-0.4, -0.2) is 16.3 Å². The highest BCUT2D eigenvalue weighted by atomic mass is 16.1. The molecule has 0 aliphatic heterocycles. The summed E-state index contributed by atoms with van der Waals surface area (Å²) >= 11 is 0. The molecule has 4 nitrogen and oxygen atoms in total. The Bertz CT molecular complexity index is 453. The van der Waals surface area contributed by atoms with Gasteiger partial charge in [-0.15, -0.1) is 0 Å².